The molecule has 1 aromatic heterocycles. The highest BCUT2D eigenvalue weighted by molar-refractivity contribution is 9.10. The fourth-order valence-electron chi connectivity index (χ4n) is 1.22. The topological polar surface area (TPSA) is 29.5 Å². The lowest BCUT2D eigenvalue weighted by molar-refractivity contribution is -0.0149. The Kier molecular flexibility index (Phi) is 4.38. The van der Waals surface area contributed by atoms with Gasteiger partial charge in [-0.25, -0.2) is 0 Å². The number of ether oxygens (including phenoxy) is 1. The molecule has 1 aromatic rings. The van der Waals surface area contributed by atoms with Crippen LogP contribution in [0.25, 0.3) is 0 Å². The zero-order valence-electron chi connectivity index (χ0n) is 7.66. The second-order valence-corrected chi connectivity index (χ2v) is 4.40. The Morgan fingerprint density at radius 3 is 2.69 bits per heavy atom. The van der Waals surface area contributed by atoms with E-state index in [1.807, 2.05) is 17.7 Å². The van der Waals surface area contributed by atoms with Crippen LogP contribution in [0.5, 0.6) is 0 Å². The summed E-state index contributed by atoms with van der Waals surface area (Å²) in [5.41, 5.74) is 0.915. The summed E-state index contributed by atoms with van der Waals surface area (Å²) in [5, 5.41) is 13.8. The van der Waals surface area contributed by atoms with E-state index in [0.29, 0.717) is 0 Å². The highest BCUT2D eigenvalue weighted by Gasteiger charge is 2.21. The number of halogens is 1. The van der Waals surface area contributed by atoms with Gasteiger partial charge in [-0.1, -0.05) is 6.92 Å². The minimum Gasteiger partial charge on any atom is -0.386 e. The Balaban J connectivity index is 2.77. The van der Waals surface area contributed by atoms with Gasteiger partial charge in [-0.3, -0.25) is 0 Å². The molecule has 0 aliphatic rings. The van der Waals surface area contributed by atoms with Crippen molar-refractivity contribution < 1.29 is 9.84 Å². The van der Waals surface area contributed by atoms with Gasteiger partial charge >= 0.3 is 0 Å². The average molecular weight is 265 g/mol. The van der Waals surface area contributed by atoms with E-state index in [-0.39, 0.29) is 6.10 Å². The first-order valence-corrected chi connectivity index (χ1v) is 5.86. The minimum atomic E-state index is -0.532. The number of rotatable bonds is 4. The Morgan fingerprint density at radius 2 is 2.31 bits per heavy atom. The summed E-state index contributed by atoms with van der Waals surface area (Å²) in [6.07, 6.45) is 0.154. The molecular formula is C9H13BrO2S. The van der Waals surface area contributed by atoms with Crippen molar-refractivity contribution in [3.05, 3.63) is 20.8 Å². The molecule has 13 heavy (non-hydrogen) atoms. The number of methoxy groups -OCH3 is 1. The van der Waals surface area contributed by atoms with Crippen molar-refractivity contribution in [2.24, 2.45) is 0 Å². The van der Waals surface area contributed by atoms with E-state index in [4.69, 9.17) is 4.74 Å². The van der Waals surface area contributed by atoms with Gasteiger partial charge in [0.15, 0.2) is 0 Å². The van der Waals surface area contributed by atoms with Gasteiger partial charge in [0.25, 0.3) is 0 Å². The lowest BCUT2D eigenvalue weighted by Crippen LogP contribution is -2.19. The van der Waals surface area contributed by atoms with Crippen molar-refractivity contribution in [1.29, 1.82) is 0 Å². The Labute approximate surface area is 90.7 Å². The summed E-state index contributed by atoms with van der Waals surface area (Å²) >= 11 is 4.96. The van der Waals surface area contributed by atoms with E-state index in [9.17, 15) is 5.11 Å². The van der Waals surface area contributed by atoms with Gasteiger partial charge in [0.2, 0.25) is 0 Å². The van der Waals surface area contributed by atoms with Gasteiger partial charge < -0.3 is 9.84 Å². The van der Waals surface area contributed by atoms with E-state index in [2.05, 4.69) is 15.9 Å². The Morgan fingerprint density at radius 1 is 1.62 bits per heavy atom. The summed E-state index contributed by atoms with van der Waals surface area (Å²) < 4.78 is 6.13. The van der Waals surface area contributed by atoms with Crippen molar-refractivity contribution in [1.82, 2.24) is 0 Å². The molecule has 0 radical (unpaired) electrons. The van der Waals surface area contributed by atoms with Crippen LogP contribution in [-0.2, 0) is 4.74 Å². The summed E-state index contributed by atoms with van der Waals surface area (Å²) in [7, 11) is 1.62. The van der Waals surface area contributed by atoms with Gasteiger partial charge in [-0.15, -0.1) is 0 Å². The molecule has 2 unspecified atom stereocenters. The first-order valence-electron chi connectivity index (χ1n) is 4.13. The number of hydrogen-bond acceptors (Lipinski definition) is 3. The maximum absolute atomic E-state index is 9.90. The minimum absolute atomic E-state index is 0.120. The Bertz CT molecular complexity index is 258. The van der Waals surface area contributed by atoms with Crippen molar-refractivity contribution in [2.45, 2.75) is 25.6 Å². The second kappa shape index (κ2) is 5.10. The molecule has 2 atom stereocenters. The third-order valence-electron chi connectivity index (χ3n) is 2.02. The van der Waals surface area contributed by atoms with Crippen LogP contribution < -0.4 is 0 Å². The molecule has 0 aliphatic carbocycles. The molecule has 0 saturated heterocycles. The van der Waals surface area contributed by atoms with Gasteiger partial charge in [-0.2, -0.15) is 11.3 Å². The van der Waals surface area contributed by atoms with Gasteiger partial charge in [0, 0.05) is 22.5 Å². The first kappa shape index (κ1) is 11.2. The summed E-state index contributed by atoms with van der Waals surface area (Å²) in [6.45, 7) is 2.00. The molecule has 0 bridgehead atoms. The lowest BCUT2D eigenvalue weighted by atomic mass is 10.1. The maximum atomic E-state index is 9.90. The van der Waals surface area contributed by atoms with Crippen LogP contribution in [0.15, 0.2) is 15.2 Å². The zero-order valence-corrected chi connectivity index (χ0v) is 10.1. The smallest absolute Gasteiger partial charge is 0.107 e. The van der Waals surface area contributed by atoms with Crippen molar-refractivity contribution in [3.8, 4) is 0 Å². The van der Waals surface area contributed by atoms with E-state index in [1.165, 1.54) is 0 Å². The molecule has 1 N–H and O–H groups in total. The van der Waals surface area contributed by atoms with E-state index >= 15 is 0 Å². The number of hydrogen-bond donors (Lipinski definition) is 1. The van der Waals surface area contributed by atoms with Gasteiger partial charge in [0.05, 0.1) is 6.10 Å². The Hall–Kier alpha value is 0.100. The molecule has 74 valence electrons. The molecule has 0 aromatic carbocycles. The molecule has 0 spiro atoms. The van der Waals surface area contributed by atoms with E-state index < -0.39 is 6.10 Å². The maximum Gasteiger partial charge on any atom is 0.107 e. The lowest BCUT2D eigenvalue weighted by Gasteiger charge is -2.19. The van der Waals surface area contributed by atoms with Crippen LogP contribution in [0.3, 0.4) is 0 Å². The molecule has 0 fully saturated rings. The quantitative estimate of drug-likeness (QED) is 0.906. The standard InChI is InChI=1S/C9H13BrO2S/c1-3-8(12-2)9(11)6-4-13-5-7(6)10/h4-5,8-9,11H,3H2,1-2H3. The number of aliphatic hydroxyl groups excluding tert-OH is 1. The third kappa shape index (κ3) is 2.53. The van der Waals surface area contributed by atoms with Gasteiger partial charge in [0.1, 0.15) is 6.10 Å². The van der Waals surface area contributed by atoms with Crippen LogP contribution in [0, 0.1) is 0 Å². The molecule has 2 nitrogen and oxygen atoms in total. The van der Waals surface area contributed by atoms with Crippen LogP contribution in [0.2, 0.25) is 0 Å². The van der Waals surface area contributed by atoms with Crippen LogP contribution in [0.1, 0.15) is 25.0 Å². The van der Waals surface area contributed by atoms with Crippen LogP contribution in [-0.4, -0.2) is 18.3 Å². The highest BCUT2D eigenvalue weighted by Crippen LogP contribution is 2.30. The largest absolute Gasteiger partial charge is 0.386 e. The highest BCUT2D eigenvalue weighted by atomic mass is 79.9. The molecular weight excluding hydrogens is 252 g/mol. The van der Waals surface area contributed by atoms with Crippen LogP contribution in [0.4, 0.5) is 0 Å². The number of thiophene rings is 1. The second-order valence-electron chi connectivity index (χ2n) is 2.80. The predicted molar refractivity (Wildman–Crippen MR) is 58.1 cm³/mol. The summed E-state index contributed by atoms with van der Waals surface area (Å²) in [5.74, 6) is 0. The molecule has 1 heterocycles. The fraction of sp³-hybridized carbons (Fsp3) is 0.556. The summed E-state index contributed by atoms with van der Waals surface area (Å²) in [6, 6.07) is 0. The SMILES string of the molecule is CCC(OC)C(O)c1cscc1Br. The molecule has 0 saturated carbocycles. The van der Waals surface area contributed by atoms with Crippen LogP contribution >= 0.6 is 27.3 Å². The predicted octanol–water partition coefficient (Wildman–Crippen LogP) is 2.97. The van der Waals surface area contributed by atoms with Crippen molar-refractivity contribution in [2.75, 3.05) is 7.11 Å². The average Bonchev–Trinajstić information content (AvgIpc) is 2.53. The third-order valence-corrected chi connectivity index (χ3v) is 3.77. The molecule has 0 aliphatic heterocycles. The van der Waals surface area contributed by atoms with E-state index in [1.54, 1.807) is 18.4 Å². The van der Waals surface area contributed by atoms with Crippen molar-refractivity contribution >= 4 is 27.3 Å². The molecule has 4 heteroatoms. The zero-order chi connectivity index (χ0) is 9.84. The first-order chi connectivity index (χ1) is 6.20. The molecule has 0 amide bonds. The normalized spacial score (nSPS) is 15.7. The van der Waals surface area contributed by atoms with Crippen molar-refractivity contribution in [3.63, 3.8) is 0 Å². The summed E-state index contributed by atoms with van der Waals surface area (Å²) in [4.78, 5) is 0. The van der Waals surface area contributed by atoms with Gasteiger partial charge in [-0.05, 0) is 27.7 Å². The molecule has 1 rings (SSSR count). The van der Waals surface area contributed by atoms with E-state index in [0.717, 1.165) is 16.5 Å². The number of aliphatic hydroxyl groups is 1. The monoisotopic (exact) mass is 264 g/mol. The fourth-order valence-corrected chi connectivity index (χ4v) is 2.78.